The fourth-order valence-electron chi connectivity index (χ4n) is 7.29. The summed E-state index contributed by atoms with van der Waals surface area (Å²) in [5.74, 6) is 0.461. The van der Waals surface area contributed by atoms with Crippen LogP contribution in [0, 0.1) is 0 Å². The molecule has 0 radical (unpaired) electrons. The molecule has 54 heavy (non-hydrogen) atoms. The maximum atomic E-state index is 9.26. The van der Waals surface area contributed by atoms with Gasteiger partial charge in [0.2, 0.25) is 0 Å². The van der Waals surface area contributed by atoms with Crippen molar-refractivity contribution in [1.82, 2.24) is 15.0 Å². The van der Waals surface area contributed by atoms with Crippen LogP contribution in [0.1, 0.15) is 9.60 Å². The Labute approximate surface area is 319 Å². The standard InChI is InChI=1S/C49H29N3O2/c1-2-11-33-28-35(27-26-30(33)10-1)32-24-22-31(23-25-32)34-12-7-13-36(29-34)47-50-48(39-16-8-20-43-45(39)37-14-3-5-18-41(37)53-43)52-49(51-47)40-17-9-21-44-46(40)38-15-4-6-19-42(38)54-44/h1-29H/i3D,5D,8D,14D,16D,18D,20D. The predicted molar refractivity (Wildman–Crippen MR) is 219 cm³/mol. The van der Waals surface area contributed by atoms with Gasteiger partial charge in [-0.25, -0.2) is 15.0 Å². The van der Waals surface area contributed by atoms with E-state index in [1.54, 1.807) is 0 Å². The highest BCUT2D eigenvalue weighted by molar-refractivity contribution is 6.13. The molecule has 252 valence electrons. The monoisotopic (exact) mass is 698 g/mol. The first-order valence-corrected chi connectivity index (χ1v) is 17.4. The number of furan rings is 2. The van der Waals surface area contributed by atoms with Crippen LogP contribution >= 0.6 is 0 Å². The largest absolute Gasteiger partial charge is 0.456 e. The molecule has 11 rings (SSSR count). The zero-order valence-electron chi connectivity index (χ0n) is 35.4. The van der Waals surface area contributed by atoms with Gasteiger partial charge in [-0.3, -0.25) is 0 Å². The highest BCUT2D eigenvalue weighted by atomic mass is 16.3. The lowest BCUT2D eigenvalue weighted by atomic mass is 9.97. The van der Waals surface area contributed by atoms with Gasteiger partial charge in [0.15, 0.2) is 17.5 Å². The average Bonchev–Trinajstić information content (AvgIpc) is 3.89. The lowest BCUT2D eigenvalue weighted by Crippen LogP contribution is -2.01. The second-order valence-corrected chi connectivity index (χ2v) is 13.1. The molecule has 0 atom stereocenters. The Kier molecular flexibility index (Phi) is 5.38. The predicted octanol–water partition coefficient (Wildman–Crippen LogP) is 13.2. The Morgan fingerprint density at radius 3 is 1.89 bits per heavy atom. The Hall–Kier alpha value is -7.37. The summed E-state index contributed by atoms with van der Waals surface area (Å²) in [6.45, 7) is 0. The highest BCUT2D eigenvalue weighted by Gasteiger charge is 2.20. The summed E-state index contributed by atoms with van der Waals surface area (Å²) in [4.78, 5) is 15.0. The van der Waals surface area contributed by atoms with Crippen molar-refractivity contribution in [2.24, 2.45) is 0 Å². The molecule has 0 aliphatic rings. The van der Waals surface area contributed by atoms with Gasteiger partial charge in [0.25, 0.3) is 0 Å². The number of rotatable bonds is 5. The maximum absolute atomic E-state index is 9.26. The van der Waals surface area contributed by atoms with Gasteiger partial charge >= 0.3 is 0 Å². The fourth-order valence-corrected chi connectivity index (χ4v) is 7.29. The van der Waals surface area contributed by atoms with Crippen LogP contribution in [-0.2, 0) is 0 Å². The quantitative estimate of drug-likeness (QED) is 0.179. The van der Waals surface area contributed by atoms with E-state index in [1.165, 1.54) is 10.8 Å². The van der Waals surface area contributed by atoms with Crippen molar-refractivity contribution in [1.29, 1.82) is 0 Å². The van der Waals surface area contributed by atoms with Crippen molar-refractivity contribution in [3.05, 3.63) is 176 Å². The van der Waals surface area contributed by atoms with Crippen LogP contribution in [-0.4, -0.2) is 15.0 Å². The molecule has 5 nitrogen and oxygen atoms in total. The van der Waals surface area contributed by atoms with E-state index < -0.39 is 42.3 Å². The molecule has 0 amide bonds. The highest BCUT2D eigenvalue weighted by Crippen LogP contribution is 2.39. The van der Waals surface area contributed by atoms with E-state index in [1.807, 2.05) is 78.9 Å². The Bertz CT molecular complexity index is 3640. The van der Waals surface area contributed by atoms with E-state index in [0.717, 1.165) is 33.0 Å². The normalized spacial score (nSPS) is 13.5. The van der Waals surface area contributed by atoms with Gasteiger partial charge in [-0.2, -0.15) is 0 Å². The molecule has 5 heteroatoms. The van der Waals surface area contributed by atoms with Crippen LogP contribution in [0.15, 0.2) is 185 Å². The van der Waals surface area contributed by atoms with Crippen LogP contribution < -0.4 is 0 Å². The van der Waals surface area contributed by atoms with Gasteiger partial charge in [0.1, 0.15) is 22.3 Å². The van der Waals surface area contributed by atoms with E-state index in [4.69, 9.17) is 32.0 Å². The fraction of sp³-hybridized carbons (Fsp3) is 0. The maximum Gasteiger partial charge on any atom is 0.164 e. The van der Waals surface area contributed by atoms with Crippen LogP contribution in [0.3, 0.4) is 0 Å². The van der Waals surface area contributed by atoms with E-state index in [-0.39, 0.29) is 45.0 Å². The minimum absolute atomic E-state index is 0.0191. The molecule has 0 unspecified atom stereocenters. The number of hydrogen-bond acceptors (Lipinski definition) is 5. The molecule has 3 aromatic heterocycles. The average molecular weight is 699 g/mol. The lowest BCUT2D eigenvalue weighted by Gasteiger charge is -2.11. The number of para-hydroxylation sites is 2. The molecular weight excluding hydrogens is 663 g/mol. The smallest absolute Gasteiger partial charge is 0.164 e. The molecule has 0 fully saturated rings. The topological polar surface area (TPSA) is 65.0 Å². The summed E-state index contributed by atoms with van der Waals surface area (Å²) in [7, 11) is 0. The molecule has 0 saturated heterocycles. The zero-order valence-corrected chi connectivity index (χ0v) is 28.4. The summed E-state index contributed by atoms with van der Waals surface area (Å²) in [6.07, 6.45) is 0. The van der Waals surface area contributed by atoms with Gasteiger partial charge in [-0.15, -0.1) is 0 Å². The van der Waals surface area contributed by atoms with Crippen LogP contribution in [0.4, 0.5) is 0 Å². The molecule has 0 aliphatic carbocycles. The first-order chi connectivity index (χ1) is 29.6. The van der Waals surface area contributed by atoms with Crippen molar-refractivity contribution in [3.63, 3.8) is 0 Å². The van der Waals surface area contributed by atoms with Crippen molar-refractivity contribution in [3.8, 4) is 56.4 Å². The van der Waals surface area contributed by atoms with Crippen LogP contribution in [0.2, 0.25) is 0 Å². The summed E-state index contributed by atoms with van der Waals surface area (Å²) in [5, 5.41) is 3.98. The van der Waals surface area contributed by atoms with Gasteiger partial charge in [0, 0.05) is 38.2 Å². The molecular formula is C49H29N3O2. The minimum atomic E-state index is -0.504. The number of nitrogens with zero attached hydrogens (tertiary/aromatic N) is 3. The first-order valence-electron chi connectivity index (χ1n) is 20.9. The lowest BCUT2D eigenvalue weighted by molar-refractivity contribution is 0.668. The Balaban J connectivity index is 1.13. The SMILES string of the molecule is [2H]c1c([2H])c([2H])c2c(oc3c([2H])c([2H])c([2H])c(-c4nc(-c5cccc(-c6ccc(-c7ccc8ccccc8c7)cc6)c5)nc(-c5cccc6oc7ccccc7c56)n4)c32)c1[2H]. The van der Waals surface area contributed by atoms with Gasteiger partial charge < -0.3 is 8.83 Å². The van der Waals surface area contributed by atoms with Crippen LogP contribution in [0.5, 0.6) is 0 Å². The summed E-state index contributed by atoms with van der Waals surface area (Å²) in [6, 6.07) is 40.9. The Morgan fingerprint density at radius 2 is 1.00 bits per heavy atom. The van der Waals surface area contributed by atoms with E-state index >= 15 is 0 Å². The number of hydrogen-bond donors (Lipinski definition) is 0. The first kappa shape index (κ1) is 24.0. The third kappa shape index (κ3) is 4.98. The van der Waals surface area contributed by atoms with Crippen molar-refractivity contribution in [2.75, 3.05) is 0 Å². The summed E-state index contributed by atoms with van der Waals surface area (Å²) >= 11 is 0. The summed E-state index contributed by atoms with van der Waals surface area (Å²) < 4.78 is 73.4. The van der Waals surface area contributed by atoms with Crippen molar-refractivity contribution < 1.29 is 18.4 Å². The molecule has 0 bridgehead atoms. The second-order valence-electron chi connectivity index (χ2n) is 13.1. The van der Waals surface area contributed by atoms with E-state index in [9.17, 15) is 1.37 Å². The third-order valence-electron chi connectivity index (χ3n) is 9.87. The molecule has 0 spiro atoms. The molecule has 0 saturated carbocycles. The van der Waals surface area contributed by atoms with E-state index in [2.05, 4.69) is 54.6 Å². The van der Waals surface area contributed by atoms with Gasteiger partial charge in [-0.05, 0) is 69.4 Å². The van der Waals surface area contributed by atoms with Crippen molar-refractivity contribution in [2.45, 2.75) is 0 Å². The number of fused-ring (bicyclic) bond motifs is 7. The molecule has 11 aromatic rings. The molecule has 0 N–H and O–H groups in total. The Morgan fingerprint density at radius 1 is 0.370 bits per heavy atom. The van der Waals surface area contributed by atoms with E-state index in [0.29, 0.717) is 22.3 Å². The molecule has 8 aromatic carbocycles. The number of benzene rings is 8. The third-order valence-corrected chi connectivity index (χ3v) is 9.87. The molecule has 3 heterocycles. The van der Waals surface area contributed by atoms with Gasteiger partial charge in [-0.1, -0.05) is 139 Å². The molecule has 0 aliphatic heterocycles. The second kappa shape index (κ2) is 12.1. The van der Waals surface area contributed by atoms with Gasteiger partial charge in [0.05, 0.1) is 9.60 Å². The summed E-state index contributed by atoms with van der Waals surface area (Å²) in [5.41, 5.74) is 6.24. The van der Waals surface area contributed by atoms with Crippen LogP contribution in [0.25, 0.3) is 111 Å². The van der Waals surface area contributed by atoms with Crippen molar-refractivity contribution >= 4 is 54.6 Å². The minimum Gasteiger partial charge on any atom is -0.456 e. The zero-order chi connectivity index (χ0) is 41.7. The number of aromatic nitrogens is 3.